The van der Waals surface area contributed by atoms with Crippen LogP contribution in [0.5, 0.6) is 17.2 Å². The van der Waals surface area contributed by atoms with Crippen molar-refractivity contribution in [3.8, 4) is 17.2 Å². The van der Waals surface area contributed by atoms with Gasteiger partial charge in [-0.15, -0.1) is 0 Å². The molecule has 0 saturated heterocycles. The summed E-state index contributed by atoms with van der Waals surface area (Å²) in [6, 6.07) is 7.91. The van der Waals surface area contributed by atoms with E-state index in [-0.39, 0.29) is 40.9 Å². The lowest BCUT2D eigenvalue weighted by Gasteiger charge is -2.24. The number of furan rings is 1. The van der Waals surface area contributed by atoms with E-state index in [1.165, 1.54) is 18.2 Å². The largest absolute Gasteiger partial charge is 0.491 e. The van der Waals surface area contributed by atoms with Crippen molar-refractivity contribution < 1.29 is 49.8 Å². The minimum absolute atomic E-state index is 0.0936. The number of carbonyl (C=O) groups is 1. The van der Waals surface area contributed by atoms with Crippen LogP contribution in [0.4, 0.5) is 32.0 Å². The maximum Gasteiger partial charge on any atom is 0.449 e. The smallest absolute Gasteiger partial charge is 0.449 e. The number of ether oxygens (including phenoxy) is 3. The Morgan fingerprint density at radius 2 is 1.63 bits per heavy atom. The van der Waals surface area contributed by atoms with Gasteiger partial charge >= 0.3 is 12.4 Å². The second-order valence-electron chi connectivity index (χ2n) is 8.25. The van der Waals surface area contributed by atoms with Gasteiger partial charge in [0.1, 0.15) is 23.5 Å². The molecule has 6 rings (SSSR count). The van der Waals surface area contributed by atoms with Gasteiger partial charge in [0.25, 0.3) is 0 Å². The fourth-order valence-corrected chi connectivity index (χ4v) is 4.85. The van der Waals surface area contributed by atoms with Gasteiger partial charge in [-0.05, 0) is 30.3 Å². The number of carbonyl (C=O) groups excluding carboxylic acids is 1. The highest BCUT2D eigenvalue weighted by molar-refractivity contribution is 6.12. The zero-order valence-corrected chi connectivity index (χ0v) is 17.4. The van der Waals surface area contributed by atoms with Gasteiger partial charge in [-0.3, -0.25) is 4.79 Å². The van der Waals surface area contributed by atoms with Crippen molar-refractivity contribution >= 4 is 11.6 Å². The SMILES string of the molecule is O=C1N(Cc2ccc(C(F)(F)F)o2)c2cccc(C(F)(F)F)c2C12COc1cc3c(cc12)OCO3. The zero-order chi connectivity index (χ0) is 24.8. The molecule has 1 aromatic heterocycles. The molecule has 12 heteroatoms. The Bertz CT molecular complexity index is 1380. The van der Waals surface area contributed by atoms with Crippen LogP contribution in [-0.4, -0.2) is 19.3 Å². The third-order valence-electron chi connectivity index (χ3n) is 6.31. The number of rotatable bonds is 2. The number of anilines is 1. The van der Waals surface area contributed by atoms with E-state index in [9.17, 15) is 31.1 Å². The highest BCUT2D eigenvalue weighted by Gasteiger charge is 2.60. The van der Waals surface area contributed by atoms with Gasteiger partial charge in [0.15, 0.2) is 11.5 Å². The van der Waals surface area contributed by atoms with E-state index in [1.807, 2.05) is 0 Å². The van der Waals surface area contributed by atoms with Crippen molar-refractivity contribution in [2.45, 2.75) is 24.3 Å². The quantitative estimate of drug-likeness (QED) is 0.452. The predicted octanol–water partition coefficient (Wildman–Crippen LogP) is 5.27. The first-order chi connectivity index (χ1) is 16.5. The predicted molar refractivity (Wildman–Crippen MR) is 105 cm³/mol. The summed E-state index contributed by atoms with van der Waals surface area (Å²) in [5, 5.41) is 0. The van der Waals surface area contributed by atoms with Gasteiger partial charge in [0, 0.05) is 22.9 Å². The molecule has 0 bridgehead atoms. The molecule has 182 valence electrons. The Morgan fingerprint density at radius 3 is 2.31 bits per heavy atom. The Labute approximate surface area is 192 Å². The summed E-state index contributed by atoms with van der Waals surface area (Å²) in [4.78, 5) is 14.9. The molecule has 0 fully saturated rings. The molecular weight excluding hydrogens is 484 g/mol. The van der Waals surface area contributed by atoms with Crippen LogP contribution in [0, 0.1) is 0 Å². The van der Waals surface area contributed by atoms with Crippen molar-refractivity contribution in [1.29, 1.82) is 0 Å². The van der Waals surface area contributed by atoms with Gasteiger partial charge in [-0.1, -0.05) is 6.07 Å². The number of benzene rings is 2. The first-order valence-electron chi connectivity index (χ1n) is 10.3. The van der Waals surface area contributed by atoms with Crippen LogP contribution in [0.15, 0.2) is 46.9 Å². The summed E-state index contributed by atoms with van der Waals surface area (Å²) in [6.07, 6.45) is -9.57. The molecule has 0 saturated carbocycles. The molecule has 6 nitrogen and oxygen atoms in total. The average Bonchev–Trinajstić information content (AvgIpc) is 3.55. The van der Waals surface area contributed by atoms with Crippen molar-refractivity contribution in [1.82, 2.24) is 0 Å². The Morgan fingerprint density at radius 1 is 0.886 bits per heavy atom. The molecule has 1 spiro atoms. The first-order valence-corrected chi connectivity index (χ1v) is 10.3. The van der Waals surface area contributed by atoms with Crippen LogP contribution in [0.25, 0.3) is 0 Å². The lowest BCUT2D eigenvalue weighted by atomic mass is 9.75. The second kappa shape index (κ2) is 6.86. The molecule has 0 radical (unpaired) electrons. The molecule has 35 heavy (non-hydrogen) atoms. The zero-order valence-electron chi connectivity index (χ0n) is 17.4. The van der Waals surface area contributed by atoms with E-state index in [0.717, 1.165) is 23.1 Å². The van der Waals surface area contributed by atoms with Gasteiger partial charge in [-0.25, -0.2) is 0 Å². The van der Waals surface area contributed by atoms with Gasteiger partial charge in [-0.2, -0.15) is 26.3 Å². The molecule has 1 unspecified atom stereocenters. The van der Waals surface area contributed by atoms with Crippen LogP contribution < -0.4 is 19.1 Å². The van der Waals surface area contributed by atoms with E-state index >= 15 is 0 Å². The summed E-state index contributed by atoms with van der Waals surface area (Å²) in [5.74, 6) is -1.58. The number of amides is 1. The molecule has 1 amide bonds. The Hall–Kier alpha value is -3.83. The number of hydrogen-bond donors (Lipinski definition) is 0. The van der Waals surface area contributed by atoms with Crippen molar-refractivity contribution in [3.63, 3.8) is 0 Å². The van der Waals surface area contributed by atoms with E-state index in [2.05, 4.69) is 0 Å². The minimum Gasteiger partial charge on any atom is -0.491 e. The molecule has 3 aliphatic rings. The van der Waals surface area contributed by atoms with Crippen molar-refractivity contribution in [3.05, 3.63) is 70.7 Å². The van der Waals surface area contributed by atoms with E-state index in [1.54, 1.807) is 0 Å². The van der Waals surface area contributed by atoms with Crippen molar-refractivity contribution in [2.75, 3.05) is 18.3 Å². The molecule has 3 aliphatic heterocycles. The highest BCUT2D eigenvalue weighted by Crippen LogP contribution is 2.58. The first kappa shape index (κ1) is 21.7. The van der Waals surface area contributed by atoms with Gasteiger partial charge in [0.2, 0.25) is 18.5 Å². The standard InChI is InChI=1S/C23H13F6NO5/c24-22(25,26)12-2-1-3-14-19(12)21(9-32-15-7-17-16(6-13(15)21)33-10-34-17)20(31)30(14)8-11-4-5-18(35-11)23(27,28)29/h1-7H,8-10H2. The van der Waals surface area contributed by atoms with E-state index < -0.39 is 48.2 Å². The topological polar surface area (TPSA) is 61.1 Å². The fourth-order valence-electron chi connectivity index (χ4n) is 4.85. The lowest BCUT2D eigenvalue weighted by molar-refractivity contribution is -0.153. The number of fused-ring (bicyclic) bond motifs is 5. The number of alkyl halides is 6. The van der Waals surface area contributed by atoms with Gasteiger partial charge in [0.05, 0.1) is 12.1 Å². The Kier molecular flexibility index (Phi) is 4.25. The minimum atomic E-state index is -4.82. The molecule has 3 aromatic rings. The molecule has 0 N–H and O–H groups in total. The fraction of sp³-hybridized carbons (Fsp3) is 0.261. The summed E-state index contributed by atoms with van der Waals surface area (Å²) < 4.78 is 103. The number of halogens is 6. The number of nitrogens with zero attached hydrogens (tertiary/aromatic N) is 1. The average molecular weight is 497 g/mol. The third kappa shape index (κ3) is 3.01. The summed E-state index contributed by atoms with van der Waals surface area (Å²) in [5.41, 5.74) is -3.21. The van der Waals surface area contributed by atoms with Crippen LogP contribution in [-0.2, 0) is 29.1 Å². The van der Waals surface area contributed by atoms with Crippen molar-refractivity contribution in [2.24, 2.45) is 0 Å². The maximum absolute atomic E-state index is 14.1. The summed E-state index contributed by atoms with van der Waals surface area (Å²) >= 11 is 0. The van der Waals surface area contributed by atoms with Crippen LogP contribution in [0.2, 0.25) is 0 Å². The lowest BCUT2D eigenvalue weighted by Crippen LogP contribution is -2.42. The third-order valence-corrected chi connectivity index (χ3v) is 6.31. The van der Waals surface area contributed by atoms with E-state index in [4.69, 9.17) is 18.6 Å². The molecule has 1 atom stereocenters. The Balaban J connectivity index is 1.53. The normalized spacial score (nSPS) is 20.4. The van der Waals surface area contributed by atoms with Gasteiger partial charge < -0.3 is 23.5 Å². The van der Waals surface area contributed by atoms with Crippen LogP contribution in [0.3, 0.4) is 0 Å². The molecule has 4 heterocycles. The monoisotopic (exact) mass is 497 g/mol. The molecule has 2 aromatic carbocycles. The summed E-state index contributed by atoms with van der Waals surface area (Å²) in [6.45, 7) is -1.05. The highest BCUT2D eigenvalue weighted by atomic mass is 19.4. The summed E-state index contributed by atoms with van der Waals surface area (Å²) in [7, 11) is 0. The second-order valence-corrected chi connectivity index (χ2v) is 8.25. The maximum atomic E-state index is 14.1. The van der Waals surface area contributed by atoms with Crippen LogP contribution >= 0.6 is 0 Å². The number of hydrogen-bond acceptors (Lipinski definition) is 5. The van der Waals surface area contributed by atoms with E-state index in [0.29, 0.717) is 11.8 Å². The molecule has 0 aliphatic carbocycles. The van der Waals surface area contributed by atoms with Crippen LogP contribution in [0.1, 0.15) is 28.2 Å². The molecular formula is C23H13F6NO5.